The Morgan fingerprint density at radius 3 is 2.50 bits per heavy atom. The van der Waals surface area contributed by atoms with E-state index in [-0.39, 0.29) is 35.3 Å². The van der Waals surface area contributed by atoms with Crippen molar-refractivity contribution in [2.45, 2.75) is 6.54 Å². The molecule has 7 heteroatoms. The molecule has 30 heavy (non-hydrogen) atoms. The van der Waals surface area contributed by atoms with Gasteiger partial charge in [-0.2, -0.15) is 0 Å². The second-order valence-electron chi connectivity index (χ2n) is 6.73. The topological polar surface area (TPSA) is 84.5 Å². The molecule has 0 atom stereocenters. The number of fused-ring (bicyclic) bond motifs is 1. The third-order valence-corrected chi connectivity index (χ3v) is 4.91. The van der Waals surface area contributed by atoms with Crippen LogP contribution in [0, 0.1) is 0 Å². The first-order valence-corrected chi connectivity index (χ1v) is 9.62. The molecular weight excluding hydrogens is 404 g/mol. The van der Waals surface area contributed by atoms with Crippen molar-refractivity contribution in [3.8, 4) is 5.75 Å². The van der Waals surface area contributed by atoms with E-state index in [2.05, 4.69) is 10.6 Å². The minimum Gasteiger partial charge on any atom is -0.482 e. The lowest BCUT2D eigenvalue weighted by atomic mass is 9.97. The van der Waals surface area contributed by atoms with Crippen LogP contribution < -0.4 is 15.4 Å². The van der Waals surface area contributed by atoms with Gasteiger partial charge in [0.1, 0.15) is 5.75 Å². The van der Waals surface area contributed by atoms with Crippen molar-refractivity contribution in [1.82, 2.24) is 5.32 Å². The van der Waals surface area contributed by atoms with Crippen LogP contribution in [0.4, 0.5) is 5.69 Å². The van der Waals surface area contributed by atoms with E-state index >= 15 is 0 Å². The Labute approximate surface area is 177 Å². The summed E-state index contributed by atoms with van der Waals surface area (Å²) in [5, 5.41) is 6.13. The molecule has 1 aliphatic rings. The number of halogens is 1. The quantitative estimate of drug-likeness (QED) is 0.614. The summed E-state index contributed by atoms with van der Waals surface area (Å²) in [6.45, 7) is 0.248. The Hall–Kier alpha value is -3.64. The molecule has 0 bridgehead atoms. The minimum absolute atomic E-state index is 0.0586. The van der Waals surface area contributed by atoms with E-state index in [4.69, 9.17) is 16.3 Å². The average Bonchev–Trinajstić information content (AvgIpc) is 2.77. The number of carbonyl (C=O) groups is 3. The first-order valence-electron chi connectivity index (χ1n) is 9.24. The van der Waals surface area contributed by atoms with Gasteiger partial charge < -0.3 is 15.4 Å². The summed E-state index contributed by atoms with van der Waals surface area (Å²) in [5.74, 6) is -0.465. The number of nitrogens with one attached hydrogen (secondary N) is 2. The number of ketones is 1. The summed E-state index contributed by atoms with van der Waals surface area (Å²) in [4.78, 5) is 37.4. The van der Waals surface area contributed by atoms with Gasteiger partial charge in [0.05, 0.1) is 11.3 Å². The predicted molar refractivity (Wildman–Crippen MR) is 113 cm³/mol. The van der Waals surface area contributed by atoms with Gasteiger partial charge in [0, 0.05) is 22.7 Å². The molecule has 0 aromatic heterocycles. The van der Waals surface area contributed by atoms with Crippen molar-refractivity contribution >= 4 is 34.9 Å². The second-order valence-corrected chi connectivity index (χ2v) is 7.17. The van der Waals surface area contributed by atoms with Gasteiger partial charge in [-0.3, -0.25) is 14.4 Å². The molecule has 0 radical (unpaired) electrons. The smallest absolute Gasteiger partial charge is 0.262 e. The van der Waals surface area contributed by atoms with Crippen molar-refractivity contribution in [2.75, 3.05) is 11.9 Å². The van der Waals surface area contributed by atoms with Crippen molar-refractivity contribution in [2.24, 2.45) is 0 Å². The number of rotatable bonds is 5. The molecule has 2 N–H and O–H groups in total. The molecule has 0 unspecified atom stereocenters. The Balaban J connectivity index is 1.56. The summed E-state index contributed by atoms with van der Waals surface area (Å²) in [6.07, 6.45) is 0. The number of hydrogen-bond acceptors (Lipinski definition) is 4. The zero-order valence-corrected chi connectivity index (χ0v) is 16.5. The van der Waals surface area contributed by atoms with Crippen LogP contribution in [0.2, 0.25) is 5.02 Å². The maximum absolute atomic E-state index is 13.1. The molecule has 1 heterocycles. The molecular formula is C23H17ClN2O4. The van der Waals surface area contributed by atoms with Gasteiger partial charge in [0.25, 0.3) is 11.8 Å². The van der Waals surface area contributed by atoms with E-state index in [0.29, 0.717) is 28.6 Å². The molecule has 0 fully saturated rings. The van der Waals surface area contributed by atoms with Crippen LogP contribution in [0.15, 0.2) is 66.7 Å². The molecule has 2 amide bonds. The first-order chi connectivity index (χ1) is 14.5. The van der Waals surface area contributed by atoms with Crippen LogP contribution in [0.5, 0.6) is 5.75 Å². The summed E-state index contributed by atoms with van der Waals surface area (Å²) >= 11 is 5.88. The number of ether oxygens (including phenoxy) is 1. The Morgan fingerprint density at radius 2 is 1.73 bits per heavy atom. The van der Waals surface area contributed by atoms with Crippen LogP contribution in [0.25, 0.3) is 0 Å². The fraction of sp³-hybridized carbons (Fsp3) is 0.0870. The fourth-order valence-electron chi connectivity index (χ4n) is 3.14. The van der Waals surface area contributed by atoms with Crippen molar-refractivity contribution in [3.63, 3.8) is 0 Å². The van der Waals surface area contributed by atoms with E-state index in [0.717, 1.165) is 5.56 Å². The van der Waals surface area contributed by atoms with Gasteiger partial charge in [-0.05, 0) is 42.0 Å². The molecule has 4 rings (SSSR count). The standard InChI is InChI=1S/C23H17ClN2O4/c24-16-8-5-14(6-9-16)12-25-23(29)18-4-2-1-3-17(18)22(28)15-7-10-20-19(11-15)26-21(27)13-30-20/h1-11H,12-13H2,(H,25,29)(H,26,27). The summed E-state index contributed by atoms with van der Waals surface area (Å²) in [5.41, 5.74) is 2.21. The van der Waals surface area contributed by atoms with E-state index in [9.17, 15) is 14.4 Å². The molecule has 0 aliphatic carbocycles. The molecule has 150 valence electrons. The molecule has 3 aromatic rings. The van der Waals surface area contributed by atoms with Gasteiger partial charge in [-0.25, -0.2) is 0 Å². The first kappa shape index (κ1) is 19.7. The molecule has 3 aromatic carbocycles. The lowest BCUT2D eigenvalue weighted by Gasteiger charge is -2.18. The molecule has 6 nitrogen and oxygen atoms in total. The maximum atomic E-state index is 13.1. The lowest BCUT2D eigenvalue weighted by molar-refractivity contribution is -0.118. The molecule has 1 aliphatic heterocycles. The van der Waals surface area contributed by atoms with E-state index < -0.39 is 0 Å². The summed E-state index contributed by atoms with van der Waals surface area (Å²) in [6, 6.07) is 18.6. The lowest BCUT2D eigenvalue weighted by Crippen LogP contribution is -2.26. The SMILES string of the molecule is O=C1COc2ccc(C(=O)c3ccccc3C(=O)NCc3ccc(Cl)cc3)cc2N1. The van der Waals surface area contributed by atoms with Gasteiger partial charge in [-0.15, -0.1) is 0 Å². The zero-order chi connectivity index (χ0) is 21.1. The zero-order valence-electron chi connectivity index (χ0n) is 15.8. The molecule has 0 saturated carbocycles. The van der Waals surface area contributed by atoms with Crippen LogP contribution in [-0.4, -0.2) is 24.2 Å². The van der Waals surface area contributed by atoms with E-state index in [1.165, 1.54) is 0 Å². The predicted octanol–water partition coefficient (Wildman–Crippen LogP) is 3.83. The minimum atomic E-state index is -0.358. The van der Waals surface area contributed by atoms with Gasteiger partial charge in [0.15, 0.2) is 12.4 Å². The Morgan fingerprint density at radius 1 is 1.00 bits per heavy atom. The summed E-state index contributed by atoms with van der Waals surface area (Å²) in [7, 11) is 0. The molecule has 0 saturated heterocycles. The highest BCUT2D eigenvalue weighted by atomic mass is 35.5. The van der Waals surface area contributed by atoms with Crippen molar-refractivity contribution in [3.05, 3.63) is 94.0 Å². The second kappa shape index (κ2) is 8.39. The van der Waals surface area contributed by atoms with Gasteiger partial charge in [0.2, 0.25) is 0 Å². The van der Waals surface area contributed by atoms with Crippen LogP contribution in [-0.2, 0) is 11.3 Å². The van der Waals surface area contributed by atoms with E-state index in [1.54, 1.807) is 54.6 Å². The monoisotopic (exact) mass is 420 g/mol. The normalized spacial score (nSPS) is 12.4. The largest absolute Gasteiger partial charge is 0.482 e. The fourth-order valence-corrected chi connectivity index (χ4v) is 3.26. The summed E-state index contributed by atoms with van der Waals surface area (Å²) < 4.78 is 5.32. The number of carbonyl (C=O) groups excluding carboxylic acids is 3. The van der Waals surface area contributed by atoms with Gasteiger partial charge in [-0.1, -0.05) is 41.9 Å². The van der Waals surface area contributed by atoms with Crippen molar-refractivity contribution < 1.29 is 19.1 Å². The number of hydrogen-bond donors (Lipinski definition) is 2. The van der Waals surface area contributed by atoms with Crippen molar-refractivity contribution in [1.29, 1.82) is 0 Å². The maximum Gasteiger partial charge on any atom is 0.262 e. The van der Waals surface area contributed by atoms with Crippen LogP contribution in [0.1, 0.15) is 31.8 Å². The van der Waals surface area contributed by atoms with Gasteiger partial charge >= 0.3 is 0 Å². The Bertz CT molecular complexity index is 1140. The molecule has 0 spiro atoms. The third-order valence-electron chi connectivity index (χ3n) is 4.66. The highest BCUT2D eigenvalue weighted by Crippen LogP contribution is 2.29. The highest BCUT2D eigenvalue weighted by molar-refractivity contribution is 6.30. The number of amides is 2. The number of anilines is 1. The average molecular weight is 421 g/mol. The van der Waals surface area contributed by atoms with Crippen LogP contribution >= 0.6 is 11.6 Å². The van der Waals surface area contributed by atoms with Crippen LogP contribution in [0.3, 0.4) is 0 Å². The number of benzene rings is 3. The van der Waals surface area contributed by atoms with E-state index in [1.807, 2.05) is 12.1 Å². The Kier molecular flexibility index (Phi) is 5.50. The highest BCUT2D eigenvalue weighted by Gasteiger charge is 2.21. The third kappa shape index (κ3) is 4.18.